The molecule has 0 amide bonds. The quantitative estimate of drug-likeness (QED) is 0.680. The van der Waals surface area contributed by atoms with E-state index in [1.54, 1.807) is 6.21 Å². The first kappa shape index (κ1) is 9.97. The molecule has 0 saturated carbocycles. The summed E-state index contributed by atoms with van der Waals surface area (Å²) in [6.07, 6.45) is 2.55. The molecule has 0 spiro atoms. The highest BCUT2D eigenvalue weighted by atomic mass is 14.3. The first-order valence-corrected chi connectivity index (χ1v) is 4.76. The molecule has 1 rings (SSSR count). The third kappa shape index (κ3) is 2.18. The second-order valence-electron chi connectivity index (χ2n) is 3.54. The van der Waals surface area contributed by atoms with Crippen molar-refractivity contribution in [3.63, 3.8) is 0 Å². The van der Waals surface area contributed by atoms with Crippen LogP contribution in [0.2, 0.25) is 0 Å². The van der Waals surface area contributed by atoms with Crippen LogP contribution in [-0.4, -0.2) is 6.21 Å². The summed E-state index contributed by atoms with van der Waals surface area (Å²) in [5, 5.41) is 7.34. The summed E-state index contributed by atoms with van der Waals surface area (Å²) >= 11 is 0. The molecule has 1 atom stereocenters. The van der Waals surface area contributed by atoms with Crippen LogP contribution >= 0.6 is 0 Å². The lowest BCUT2D eigenvalue weighted by atomic mass is 9.92. The van der Waals surface area contributed by atoms with Gasteiger partial charge in [-0.1, -0.05) is 30.7 Å². The van der Waals surface area contributed by atoms with Crippen molar-refractivity contribution in [2.45, 2.75) is 33.1 Å². The molecule has 0 saturated heterocycles. The number of benzene rings is 1. The maximum absolute atomic E-state index is 7.34. The van der Waals surface area contributed by atoms with Gasteiger partial charge in [-0.15, -0.1) is 0 Å². The molecule has 1 aromatic rings. The molecule has 70 valence electrons. The zero-order chi connectivity index (χ0) is 9.84. The molecule has 0 aliphatic heterocycles. The minimum atomic E-state index is 0.292. The molecule has 1 aromatic carbocycles. The molecule has 0 fully saturated rings. The molecule has 0 bridgehead atoms. The summed E-state index contributed by atoms with van der Waals surface area (Å²) < 4.78 is 0. The van der Waals surface area contributed by atoms with Crippen LogP contribution in [0.3, 0.4) is 0 Å². The second-order valence-corrected chi connectivity index (χ2v) is 3.54. The van der Waals surface area contributed by atoms with Crippen molar-refractivity contribution in [3.8, 4) is 0 Å². The van der Waals surface area contributed by atoms with Crippen molar-refractivity contribution in [1.82, 2.24) is 0 Å². The largest absolute Gasteiger partial charge is 0.312 e. The lowest BCUT2D eigenvalue weighted by Crippen LogP contribution is -2.00. The Labute approximate surface area is 80.3 Å². The summed E-state index contributed by atoms with van der Waals surface area (Å²) in [5.41, 5.74) is 3.87. The Bertz CT molecular complexity index is 302. The van der Waals surface area contributed by atoms with Crippen LogP contribution in [0.4, 0.5) is 0 Å². The van der Waals surface area contributed by atoms with Gasteiger partial charge in [-0.25, -0.2) is 0 Å². The van der Waals surface area contributed by atoms with Crippen molar-refractivity contribution in [2.75, 3.05) is 0 Å². The maximum atomic E-state index is 7.34. The van der Waals surface area contributed by atoms with E-state index in [0.29, 0.717) is 5.92 Å². The van der Waals surface area contributed by atoms with Gasteiger partial charge in [-0.05, 0) is 31.4 Å². The average Bonchev–Trinajstić information content (AvgIpc) is 2.13. The fraction of sp³-hybridized carbons (Fsp3) is 0.417. The molecule has 1 unspecified atom stereocenters. The van der Waals surface area contributed by atoms with E-state index >= 15 is 0 Å². The van der Waals surface area contributed by atoms with Gasteiger partial charge in [0.25, 0.3) is 0 Å². The van der Waals surface area contributed by atoms with Crippen LogP contribution in [0.15, 0.2) is 18.2 Å². The number of rotatable bonds is 3. The predicted molar refractivity (Wildman–Crippen MR) is 57.7 cm³/mol. The molecule has 0 heterocycles. The second kappa shape index (κ2) is 4.22. The smallest absolute Gasteiger partial charge is 0.0186 e. The van der Waals surface area contributed by atoms with Gasteiger partial charge in [0.15, 0.2) is 0 Å². The van der Waals surface area contributed by atoms with E-state index in [-0.39, 0.29) is 0 Å². The van der Waals surface area contributed by atoms with E-state index in [4.69, 9.17) is 5.41 Å². The Morgan fingerprint density at radius 3 is 2.62 bits per heavy atom. The topological polar surface area (TPSA) is 23.9 Å². The summed E-state index contributed by atoms with van der Waals surface area (Å²) in [6.45, 7) is 6.33. The van der Waals surface area contributed by atoms with Crippen LogP contribution in [0.25, 0.3) is 0 Å². The molecule has 1 N–H and O–H groups in total. The molecule has 0 aliphatic carbocycles. The first-order chi connectivity index (χ1) is 6.19. The van der Waals surface area contributed by atoms with E-state index in [2.05, 4.69) is 39.0 Å². The Kier molecular flexibility index (Phi) is 3.24. The van der Waals surface area contributed by atoms with Crippen molar-refractivity contribution in [2.24, 2.45) is 0 Å². The van der Waals surface area contributed by atoms with Gasteiger partial charge in [-0.3, -0.25) is 0 Å². The van der Waals surface area contributed by atoms with Crippen LogP contribution in [-0.2, 0) is 0 Å². The third-order valence-electron chi connectivity index (χ3n) is 2.48. The number of hydrogen-bond acceptors (Lipinski definition) is 1. The minimum Gasteiger partial charge on any atom is -0.312 e. The monoisotopic (exact) mass is 175 g/mol. The molecule has 13 heavy (non-hydrogen) atoms. The normalized spacial score (nSPS) is 12.5. The Morgan fingerprint density at radius 2 is 2.08 bits per heavy atom. The number of hydrogen-bond donors (Lipinski definition) is 1. The highest BCUT2D eigenvalue weighted by Crippen LogP contribution is 2.22. The standard InChI is InChI=1S/C12H17N/c1-4-11(8-13)12-7-9(2)5-6-10(12)3/h5-8,11,13H,4H2,1-3H3. The van der Waals surface area contributed by atoms with Gasteiger partial charge in [-0.2, -0.15) is 0 Å². The van der Waals surface area contributed by atoms with Crippen molar-refractivity contribution in [3.05, 3.63) is 34.9 Å². The highest BCUT2D eigenvalue weighted by molar-refractivity contribution is 5.65. The minimum absolute atomic E-state index is 0.292. The van der Waals surface area contributed by atoms with Gasteiger partial charge < -0.3 is 5.41 Å². The van der Waals surface area contributed by atoms with E-state index in [9.17, 15) is 0 Å². The van der Waals surface area contributed by atoms with E-state index in [1.807, 2.05) is 0 Å². The van der Waals surface area contributed by atoms with Gasteiger partial charge in [0.1, 0.15) is 0 Å². The van der Waals surface area contributed by atoms with E-state index in [0.717, 1.165) is 6.42 Å². The molecule has 1 heteroatoms. The van der Waals surface area contributed by atoms with E-state index < -0.39 is 0 Å². The fourth-order valence-corrected chi connectivity index (χ4v) is 1.59. The lowest BCUT2D eigenvalue weighted by molar-refractivity contribution is 0.846. The summed E-state index contributed by atoms with van der Waals surface area (Å²) in [5.74, 6) is 0.292. The van der Waals surface area contributed by atoms with Gasteiger partial charge >= 0.3 is 0 Å². The summed E-state index contributed by atoms with van der Waals surface area (Å²) in [4.78, 5) is 0. The molecular weight excluding hydrogens is 158 g/mol. The maximum Gasteiger partial charge on any atom is 0.0186 e. The van der Waals surface area contributed by atoms with Crippen molar-refractivity contribution < 1.29 is 0 Å². The van der Waals surface area contributed by atoms with Gasteiger partial charge in [0.2, 0.25) is 0 Å². The van der Waals surface area contributed by atoms with Crippen LogP contribution in [0.5, 0.6) is 0 Å². The van der Waals surface area contributed by atoms with Gasteiger partial charge in [0.05, 0.1) is 0 Å². The van der Waals surface area contributed by atoms with Crippen molar-refractivity contribution >= 4 is 6.21 Å². The van der Waals surface area contributed by atoms with Crippen molar-refractivity contribution in [1.29, 1.82) is 5.41 Å². The molecule has 0 aliphatic rings. The molecular formula is C12H17N. The van der Waals surface area contributed by atoms with Crippen LogP contribution < -0.4 is 0 Å². The average molecular weight is 175 g/mol. The first-order valence-electron chi connectivity index (χ1n) is 4.76. The Morgan fingerprint density at radius 1 is 1.38 bits per heavy atom. The highest BCUT2D eigenvalue weighted by Gasteiger charge is 2.08. The van der Waals surface area contributed by atoms with Crippen LogP contribution in [0, 0.1) is 19.3 Å². The Hall–Kier alpha value is -1.11. The molecule has 0 radical (unpaired) electrons. The van der Waals surface area contributed by atoms with E-state index in [1.165, 1.54) is 16.7 Å². The summed E-state index contributed by atoms with van der Waals surface area (Å²) in [6, 6.07) is 6.45. The van der Waals surface area contributed by atoms with Gasteiger partial charge in [0, 0.05) is 12.1 Å². The van der Waals surface area contributed by atoms with Crippen LogP contribution in [0.1, 0.15) is 36.0 Å². The lowest BCUT2D eigenvalue weighted by Gasteiger charge is -2.13. The molecule has 0 aromatic heterocycles. The zero-order valence-corrected chi connectivity index (χ0v) is 8.59. The number of aryl methyl sites for hydroxylation is 2. The SMILES string of the molecule is CCC(C=N)c1cc(C)ccc1C. The fourth-order valence-electron chi connectivity index (χ4n) is 1.59. The summed E-state index contributed by atoms with van der Waals surface area (Å²) in [7, 11) is 0. The molecule has 1 nitrogen and oxygen atoms in total. The zero-order valence-electron chi connectivity index (χ0n) is 8.59. The Balaban J connectivity index is 3.10. The number of nitrogens with one attached hydrogen (secondary N) is 1. The third-order valence-corrected chi connectivity index (χ3v) is 2.48. The predicted octanol–water partition coefficient (Wildman–Crippen LogP) is 3.45.